The largest absolute Gasteiger partial charge is 0.306 e. The van der Waals surface area contributed by atoms with Crippen LogP contribution in [0.2, 0.25) is 0 Å². The van der Waals surface area contributed by atoms with Crippen molar-refractivity contribution in [2.45, 2.75) is 24.4 Å². The second-order valence-corrected chi connectivity index (χ2v) is 7.74. The van der Waals surface area contributed by atoms with Crippen molar-refractivity contribution in [1.29, 1.82) is 0 Å². The predicted molar refractivity (Wildman–Crippen MR) is 89.0 cm³/mol. The van der Waals surface area contributed by atoms with Gasteiger partial charge >= 0.3 is 0 Å². The first kappa shape index (κ1) is 17.6. The lowest BCUT2D eigenvalue weighted by Gasteiger charge is -2.16. The van der Waals surface area contributed by atoms with Crippen molar-refractivity contribution in [3.8, 4) is 0 Å². The third-order valence-corrected chi connectivity index (χ3v) is 5.47. The minimum atomic E-state index is -3.43. The Morgan fingerprint density at radius 3 is 2.39 bits per heavy atom. The fourth-order valence-corrected chi connectivity index (χ4v) is 3.14. The Kier molecular flexibility index (Phi) is 5.51. The van der Waals surface area contributed by atoms with Crippen LogP contribution in [0.4, 0.5) is 4.39 Å². The monoisotopic (exact) mass is 336 g/mol. The van der Waals surface area contributed by atoms with Crippen LogP contribution in [0.25, 0.3) is 0 Å². The van der Waals surface area contributed by atoms with E-state index in [0.29, 0.717) is 6.54 Å². The highest BCUT2D eigenvalue weighted by Gasteiger charge is 2.17. The summed E-state index contributed by atoms with van der Waals surface area (Å²) in [4.78, 5) is 0.274. The van der Waals surface area contributed by atoms with Gasteiger partial charge in [-0.15, -0.1) is 0 Å². The molecule has 0 heterocycles. The van der Waals surface area contributed by atoms with Crippen molar-refractivity contribution in [3.63, 3.8) is 0 Å². The number of halogens is 1. The summed E-state index contributed by atoms with van der Waals surface area (Å²) in [6.45, 7) is 2.50. The Hall–Kier alpha value is -1.76. The highest BCUT2D eigenvalue weighted by molar-refractivity contribution is 7.89. The van der Waals surface area contributed by atoms with Gasteiger partial charge in [0.1, 0.15) is 5.82 Å². The van der Waals surface area contributed by atoms with E-state index >= 15 is 0 Å². The van der Waals surface area contributed by atoms with Gasteiger partial charge in [0.15, 0.2) is 0 Å². The van der Waals surface area contributed by atoms with Crippen molar-refractivity contribution < 1.29 is 12.8 Å². The van der Waals surface area contributed by atoms with Crippen LogP contribution in [0, 0.1) is 5.82 Å². The Bertz CT molecular complexity index is 758. The molecule has 0 amide bonds. The average molecular weight is 336 g/mol. The Labute approximate surface area is 137 Å². The molecule has 0 unspecified atom stereocenters. The van der Waals surface area contributed by atoms with E-state index in [4.69, 9.17) is 0 Å². The summed E-state index contributed by atoms with van der Waals surface area (Å²) in [5.74, 6) is -0.262. The first-order valence-electron chi connectivity index (χ1n) is 7.31. The minimum Gasteiger partial charge on any atom is -0.306 e. The lowest BCUT2D eigenvalue weighted by atomic mass is 10.1. The molecule has 4 nitrogen and oxygen atoms in total. The van der Waals surface area contributed by atoms with Gasteiger partial charge in [0.05, 0.1) is 4.90 Å². The van der Waals surface area contributed by atoms with Crippen molar-refractivity contribution in [2.75, 3.05) is 14.1 Å². The Balaban J connectivity index is 2.08. The number of hydrogen-bond acceptors (Lipinski definition) is 3. The maximum atomic E-state index is 12.9. The lowest BCUT2D eigenvalue weighted by Crippen LogP contribution is -2.23. The van der Waals surface area contributed by atoms with Crippen LogP contribution >= 0.6 is 0 Å². The third kappa shape index (κ3) is 4.37. The van der Waals surface area contributed by atoms with Crippen LogP contribution < -0.4 is 5.32 Å². The Morgan fingerprint density at radius 1 is 1.13 bits per heavy atom. The van der Waals surface area contributed by atoms with E-state index in [1.54, 1.807) is 30.3 Å². The second kappa shape index (κ2) is 7.21. The standard InChI is InChI=1S/C17H21FN2O2S/c1-13(15-7-9-16(18)10-8-15)19-12-14-5-4-6-17(11-14)23(21,22)20(2)3/h4-11,13,19H,12H2,1-3H3/t13-/m1/s1. The molecule has 0 saturated heterocycles. The quantitative estimate of drug-likeness (QED) is 0.882. The van der Waals surface area contributed by atoms with E-state index in [9.17, 15) is 12.8 Å². The molecule has 23 heavy (non-hydrogen) atoms. The van der Waals surface area contributed by atoms with Crippen LogP contribution in [-0.4, -0.2) is 26.8 Å². The van der Waals surface area contributed by atoms with Gasteiger partial charge in [-0.25, -0.2) is 17.1 Å². The minimum absolute atomic E-state index is 0.0321. The van der Waals surface area contributed by atoms with Crippen LogP contribution in [-0.2, 0) is 16.6 Å². The van der Waals surface area contributed by atoms with Crippen LogP contribution in [0.1, 0.15) is 24.1 Å². The number of benzene rings is 2. The maximum absolute atomic E-state index is 12.9. The molecule has 2 rings (SSSR count). The van der Waals surface area contributed by atoms with Gasteiger partial charge in [0, 0.05) is 26.7 Å². The molecule has 0 saturated carbocycles. The molecule has 6 heteroatoms. The first-order chi connectivity index (χ1) is 10.8. The SMILES string of the molecule is C[C@@H](NCc1cccc(S(=O)(=O)N(C)C)c1)c1ccc(F)cc1. The Morgan fingerprint density at radius 2 is 1.78 bits per heavy atom. The molecule has 0 aromatic heterocycles. The molecular weight excluding hydrogens is 315 g/mol. The van der Waals surface area contributed by atoms with Gasteiger partial charge in [0.25, 0.3) is 0 Å². The van der Waals surface area contributed by atoms with Crippen molar-refractivity contribution in [2.24, 2.45) is 0 Å². The fraction of sp³-hybridized carbons (Fsp3) is 0.294. The fourth-order valence-electron chi connectivity index (χ4n) is 2.17. The van der Waals surface area contributed by atoms with E-state index in [1.165, 1.54) is 30.5 Å². The smallest absolute Gasteiger partial charge is 0.242 e. The first-order valence-corrected chi connectivity index (χ1v) is 8.75. The molecule has 0 radical (unpaired) electrons. The number of nitrogens with zero attached hydrogens (tertiary/aromatic N) is 1. The van der Waals surface area contributed by atoms with Gasteiger partial charge in [0.2, 0.25) is 10.0 Å². The third-order valence-electron chi connectivity index (χ3n) is 3.66. The van der Waals surface area contributed by atoms with Crippen molar-refractivity contribution in [3.05, 3.63) is 65.5 Å². The van der Waals surface area contributed by atoms with Gasteiger partial charge in [-0.05, 0) is 42.3 Å². The van der Waals surface area contributed by atoms with Crippen molar-refractivity contribution in [1.82, 2.24) is 9.62 Å². The summed E-state index contributed by atoms with van der Waals surface area (Å²) >= 11 is 0. The van der Waals surface area contributed by atoms with E-state index < -0.39 is 10.0 Å². The normalized spacial score (nSPS) is 13.3. The molecule has 1 atom stereocenters. The van der Waals surface area contributed by atoms with Crippen LogP contribution in [0.15, 0.2) is 53.4 Å². The summed E-state index contributed by atoms with van der Waals surface area (Å²) in [6, 6.07) is 13.2. The topological polar surface area (TPSA) is 49.4 Å². The molecular formula is C17H21FN2O2S. The summed E-state index contributed by atoms with van der Waals surface area (Å²) in [7, 11) is -0.409. The molecule has 1 N–H and O–H groups in total. The summed E-state index contributed by atoms with van der Waals surface area (Å²) < 4.78 is 38.4. The van der Waals surface area contributed by atoms with Gasteiger partial charge in [-0.2, -0.15) is 0 Å². The molecule has 0 spiro atoms. The van der Waals surface area contributed by atoms with Gasteiger partial charge in [-0.3, -0.25) is 0 Å². The molecule has 2 aromatic carbocycles. The summed E-state index contributed by atoms with van der Waals surface area (Å²) in [5, 5.41) is 3.31. The summed E-state index contributed by atoms with van der Waals surface area (Å²) in [5.41, 5.74) is 1.85. The number of rotatable bonds is 6. The van der Waals surface area contributed by atoms with E-state index in [0.717, 1.165) is 11.1 Å². The number of nitrogens with one attached hydrogen (secondary N) is 1. The molecule has 2 aromatic rings. The molecule has 0 bridgehead atoms. The van der Waals surface area contributed by atoms with E-state index in [2.05, 4.69) is 5.32 Å². The number of hydrogen-bond donors (Lipinski definition) is 1. The highest BCUT2D eigenvalue weighted by atomic mass is 32.2. The molecule has 0 aliphatic heterocycles. The molecule has 0 aliphatic rings. The molecule has 0 aliphatic carbocycles. The maximum Gasteiger partial charge on any atom is 0.242 e. The zero-order valence-electron chi connectivity index (χ0n) is 13.5. The van der Waals surface area contributed by atoms with Crippen LogP contribution in [0.3, 0.4) is 0 Å². The zero-order chi connectivity index (χ0) is 17.0. The van der Waals surface area contributed by atoms with Crippen molar-refractivity contribution >= 4 is 10.0 Å². The van der Waals surface area contributed by atoms with Gasteiger partial charge < -0.3 is 5.32 Å². The lowest BCUT2D eigenvalue weighted by molar-refractivity contribution is 0.520. The number of sulfonamides is 1. The zero-order valence-corrected chi connectivity index (χ0v) is 14.3. The predicted octanol–water partition coefficient (Wildman–Crippen LogP) is 2.93. The van der Waals surface area contributed by atoms with Gasteiger partial charge in [-0.1, -0.05) is 24.3 Å². The van der Waals surface area contributed by atoms with Crippen LogP contribution in [0.5, 0.6) is 0 Å². The average Bonchev–Trinajstić information content (AvgIpc) is 2.53. The molecule has 0 fully saturated rings. The second-order valence-electron chi connectivity index (χ2n) is 5.59. The summed E-state index contributed by atoms with van der Waals surface area (Å²) in [6.07, 6.45) is 0. The van der Waals surface area contributed by atoms with E-state index in [-0.39, 0.29) is 16.8 Å². The highest BCUT2D eigenvalue weighted by Crippen LogP contribution is 2.17. The van der Waals surface area contributed by atoms with E-state index in [1.807, 2.05) is 13.0 Å². The molecule has 124 valence electrons.